The zero-order valence-corrected chi connectivity index (χ0v) is 5.58. The highest BCUT2D eigenvalue weighted by Crippen LogP contribution is 2.53. The lowest BCUT2D eigenvalue weighted by Crippen LogP contribution is -2.35. The molecule has 0 aliphatic heterocycles. The van der Waals surface area contributed by atoms with Gasteiger partial charge in [-0.3, -0.25) is 0 Å². The maximum atomic E-state index is 11.8. The van der Waals surface area contributed by atoms with Gasteiger partial charge in [0.25, 0.3) is 0 Å². The minimum absolute atomic E-state index is 0.0278. The summed E-state index contributed by atoms with van der Waals surface area (Å²) in [6.07, 6.45) is -4.53. The first kappa shape index (κ1) is 7.60. The molecule has 0 heterocycles. The summed E-state index contributed by atoms with van der Waals surface area (Å²) in [5.41, 5.74) is -2.51. The maximum Gasteiger partial charge on any atom is 0.425 e. The smallest absolute Gasteiger partial charge is 0.373 e. The molecule has 0 radical (unpaired) electrons. The molecule has 0 aromatic carbocycles. The highest BCUT2D eigenvalue weighted by molar-refractivity contribution is 5.51. The van der Waals surface area contributed by atoms with Gasteiger partial charge in [-0.05, 0) is 25.0 Å². The second kappa shape index (κ2) is 1.56. The van der Waals surface area contributed by atoms with Gasteiger partial charge in [-0.15, -0.1) is 0 Å². The molecule has 1 aliphatic carbocycles. The van der Waals surface area contributed by atoms with E-state index in [0.717, 1.165) is 0 Å². The highest BCUT2D eigenvalue weighted by Gasteiger charge is 2.65. The topological polar surface area (TPSA) is 20.2 Å². The molecule has 0 aromatic heterocycles. The summed E-state index contributed by atoms with van der Waals surface area (Å²) in [6.45, 7) is 2.56. The Morgan fingerprint density at radius 1 is 1.20 bits per heavy atom. The molecule has 1 N–H and O–H groups in total. The molecule has 58 valence electrons. The van der Waals surface area contributed by atoms with Crippen LogP contribution in [0.1, 0.15) is 13.8 Å². The van der Waals surface area contributed by atoms with Crippen LogP contribution in [0.4, 0.5) is 13.2 Å². The molecule has 1 aliphatic rings. The maximum absolute atomic E-state index is 11.8. The van der Waals surface area contributed by atoms with E-state index in [0.29, 0.717) is 0 Å². The number of hydrogen-bond donors (Lipinski definition) is 1. The molecule has 0 amide bonds. The van der Waals surface area contributed by atoms with Gasteiger partial charge >= 0.3 is 6.18 Å². The van der Waals surface area contributed by atoms with E-state index in [9.17, 15) is 13.2 Å². The number of halogens is 3. The van der Waals surface area contributed by atoms with Crippen LogP contribution in [-0.4, -0.2) is 16.9 Å². The second-order valence-corrected chi connectivity index (χ2v) is 2.46. The number of aliphatic hydroxyl groups is 1. The fourth-order valence-corrected chi connectivity index (χ4v) is 0.971. The molecule has 0 saturated heterocycles. The number of hydrogen-bond acceptors (Lipinski definition) is 1. The minimum Gasteiger partial charge on any atom is -0.373 e. The van der Waals surface area contributed by atoms with Gasteiger partial charge in [0.05, 0.1) is 0 Å². The third-order valence-corrected chi connectivity index (χ3v) is 2.00. The van der Waals surface area contributed by atoms with E-state index in [-0.39, 0.29) is 11.1 Å². The summed E-state index contributed by atoms with van der Waals surface area (Å²) in [5, 5.41) is 8.80. The highest BCUT2D eigenvalue weighted by atomic mass is 19.4. The van der Waals surface area contributed by atoms with Crippen molar-refractivity contribution in [3.63, 3.8) is 0 Å². The van der Waals surface area contributed by atoms with Gasteiger partial charge < -0.3 is 5.11 Å². The molecule has 1 rings (SSSR count). The van der Waals surface area contributed by atoms with Crippen LogP contribution in [-0.2, 0) is 0 Å². The number of rotatable bonds is 0. The number of alkyl halides is 3. The van der Waals surface area contributed by atoms with Crippen molar-refractivity contribution in [2.75, 3.05) is 0 Å². The van der Waals surface area contributed by atoms with Crippen LogP contribution in [0, 0.1) is 0 Å². The molecule has 0 unspecified atom stereocenters. The molecule has 0 fully saturated rings. The van der Waals surface area contributed by atoms with Crippen molar-refractivity contribution >= 4 is 0 Å². The van der Waals surface area contributed by atoms with Gasteiger partial charge in [0, 0.05) is 0 Å². The van der Waals surface area contributed by atoms with Crippen molar-refractivity contribution in [3.05, 3.63) is 11.1 Å². The molecule has 0 saturated carbocycles. The Morgan fingerprint density at radius 3 is 1.50 bits per heavy atom. The Kier molecular flexibility index (Phi) is 1.18. The van der Waals surface area contributed by atoms with Crippen LogP contribution in [0.2, 0.25) is 0 Å². The molecule has 10 heavy (non-hydrogen) atoms. The third-order valence-electron chi connectivity index (χ3n) is 2.00. The Balaban J connectivity index is 2.81. The Morgan fingerprint density at radius 2 is 1.50 bits per heavy atom. The van der Waals surface area contributed by atoms with Crippen LogP contribution in [0.5, 0.6) is 0 Å². The van der Waals surface area contributed by atoms with Gasteiger partial charge in [0.2, 0.25) is 5.60 Å². The van der Waals surface area contributed by atoms with E-state index in [4.69, 9.17) is 5.11 Å². The molecule has 0 bridgehead atoms. The van der Waals surface area contributed by atoms with E-state index in [1.807, 2.05) is 0 Å². The predicted octanol–water partition coefficient (Wildman–Crippen LogP) is 1.63. The SMILES string of the molecule is CC1=C(C)C1(O)C(F)(F)F. The van der Waals surface area contributed by atoms with Crippen LogP contribution < -0.4 is 0 Å². The average molecular weight is 152 g/mol. The predicted molar refractivity (Wildman–Crippen MR) is 29.4 cm³/mol. The van der Waals surface area contributed by atoms with Gasteiger partial charge in [-0.2, -0.15) is 13.2 Å². The zero-order valence-electron chi connectivity index (χ0n) is 5.58. The quantitative estimate of drug-likeness (QED) is 0.523. The normalized spacial score (nSPS) is 23.4. The first-order chi connectivity index (χ1) is 4.32. The van der Waals surface area contributed by atoms with Crippen molar-refractivity contribution < 1.29 is 18.3 Å². The average Bonchev–Trinajstić information content (AvgIpc) is 2.19. The van der Waals surface area contributed by atoms with Crippen LogP contribution in [0.15, 0.2) is 11.1 Å². The third kappa shape index (κ3) is 0.624. The van der Waals surface area contributed by atoms with Crippen LogP contribution >= 0.6 is 0 Å². The molecule has 0 spiro atoms. The van der Waals surface area contributed by atoms with Crippen LogP contribution in [0.25, 0.3) is 0 Å². The summed E-state index contributed by atoms with van der Waals surface area (Å²) in [6, 6.07) is 0. The second-order valence-electron chi connectivity index (χ2n) is 2.46. The van der Waals surface area contributed by atoms with Crippen molar-refractivity contribution in [2.45, 2.75) is 25.6 Å². The van der Waals surface area contributed by atoms with Gasteiger partial charge in [-0.1, -0.05) is 0 Å². The minimum atomic E-state index is -4.53. The largest absolute Gasteiger partial charge is 0.425 e. The monoisotopic (exact) mass is 152 g/mol. The molecule has 1 nitrogen and oxygen atoms in total. The van der Waals surface area contributed by atoms with Gasteiger partial charge in [0.15, 0.2) is 0 Å². The lowest BCUT2D eigenvalue weighted by molar-refractivity contribution is -0.212. The van der Waals surface area contributed by atoms with Crippen molar-refractivity contribution in [1.82, 2.24) is 0 Å². The lowest BCUT2D eigenvalue weighted by atomic mass is 10.2. The molecular formula is C6H7F3O. The van der Waals surface area contributed by atoms with E-state index >= 15 is 0 Å². The van der Waals surface area contributed by atoms with Crippen LogP contribution in [0.3, 0.4) is 0 Å². The van der Waals surface area contributed by atoms with E-state index in [2.05, 4.69) is 0 Å². The standard InChI is InChI=1S/C6H7F3O/c1-3-4(2)5(3,10)6(7,8)9/h10H,1-2H3. The Labute approximate surface area is 56.2 Å². The molecule has 4 heteroatoms. The van der Waals surface area contributed by atoms with Gasteiger partial charge in [-0.25, -0.2) is 0 Å². The molecular weight excluding hydrogens is 145 g/mol. The van der Waals surface area contributed by atoms with Crippen molar-refractivity contribution in [1.29, 1.82) is 0 Å². The summed E-state index contributed by atoms with van der Waals surface area (Å²) >= 11 is 0. The van der Waals surface area contributed by atoms with Crippen molar-refractivity contribution in [3.8, 4) is 0 Å². The first-order valence-electron chi connectivity index (χ1n) is 2.79. The zero-order chi connectivity index (χ0) is 8.15. The Hall–Kier alpha value is -0.510. The summed E-state index contributed by atoms with van der Waals surface area (Å²) in [5.74, 6) is 0. The first-order valence-corrected chi connectivity index (χ1v) is 2.79. The molecule has 0 aromatic rings. The summed E-state index contributed by atoms with van der Waals surface area (Å²) in [4.78, 5) is 0. The van der Waals surface area contributed by atoms with E-state index in [1.54, 1.807) is 0 Å². The molecule has 0 atom stereocenters. The van der Waals surface area contributed by atoms with Gasteiger partial charge in [0.1, 0.15) is 0 Å². The summed E-state index contributed by atoms with van der Waals surface area (Å²) < 4.78 is 35.5. The fourth-order valence-electron chi connectivity index (χ4n) is 0.971. The van der Waals surface area contributed by atoms with Crippen molar-refractivity contribution in [2.24, 2.45) is 0 Å². The summed E-state index contributed by atoms with van der Waals surface area (Å²) in [7, 11) is 0. The van der Waals surface area contributed by atoms with E-state index < -0.39 is 11.8 Å². The lowest BCUT2D eigenvalue weighted by Gasteiger charge is -2.15. The fraction of sp³-hybridized carbons (Fsp3) is 0.667. The Bertz CT molecular complexity index is 190. The van der Waals surface area contributed by atoms with E-state index in [1.165, 1.54) is 13.8 Å².